The normalized spacial score (nSPS) is 24.9. The molecule has 3 aromatic carbocycles. The number of fused-ring (bicyclic) bond motifs is 10. The molecule has 0 fully saturated rings. The molecule has 9 aliphatic carbocycles. The van der Waals surface area contributed by atoms with Crippen LogP contribution in [0.3, 0.4) is 0 Å². The fraction of sp³-hybridized carbons (Fsp3) is 0.276. The van der Waals surface area contributed by atoms with Crippen molar-refractivity contribution in [2.45, 2.75) is 88.9 Å². The zero-order valence-electron chi connectivity index (χ0n) is 34.6. The van der Waals surface area contributed by atoms with Crippen LogP contribution in [0, 0.1) is 11.8 Å². The second kappa shape index (κ2) is 13.4. The summed E-state index contributed by atoms with van der Waals surface area (Å²) in [4.78, 5) is 2.60. The predicted molar refractivity (Wildman–Crippen MR) is 248 cm³/mol. The third-order valence-electron chi connectivity index (χ3n) is 15.4. The number of anilines is 2. The van der Waals surface area contributed by atoms with E-state index in [1.807, 2.05) is 0 Å². The third kappa shape index (κ3) is 5.10. The van der Waals surface area contributed by atoms with Crippen molar-refractivity contribution in [3.05, 3.63) is 219 Å². The van der Waals surface area contributed by atoms with Crippen LogP contribution in [0.25, 0.3) is 16.7 Å². The average Bonchev–Trinajstić information content (AvgIpc) is 3.85. The molecule has 1 nitrogen and oxygen atoms in total. The predicted octanol–water partition coefficient (Wildman–Crippen LogP) is 15.0. The van der Waals surface area contributed by atoms with Crippen molar-refractivity contribution in [3.63, 3.8) is 0 Å². The van der Waals surface area contributed by atoms with Crippen molar-refractivity contribution in [2.24, 2.45) is 11.8 Å². The molecule has 12 rings (SSSR count). The molecule has 59 heavy (non-hydrogen) atoms. The second-order valence-corrected chi connectivity index (χ2v) is 18.7. The number of hydrogen-bond donors (Lipinski definition) is 0. The highest BCUT2D eigenvalue weighted by atomic mass is 15.1. The smallest absolute Gasteiger partial charge is 0.0716 e. The first-order valence-corrected chi connectivity index (χ1v) is 22.6. The number of hydrogen-bond acceptors (Lipinski definition) is 1. The number of allylic oxidation sites excluding steroid dienone is 23. The molecule has 0 bridgehead atoms. The summed E-state index contributed by atoms with van der Waals surface area (Å²) < 4.78 is 0. The van der Waals surface area contributed by atoms with E-state index in [0.717, 1.165) is 64.2 Å². The molecule has 0 radical (unpaired) electrons. The second-order valence-electron chi connectivity index (χ2n) is 18.7. The van der Waals surface area contributed by atoms with E-state index in [4.69, 9.17) is 0 Å². The summed E-state index contributed by atoms with van der Waals surface area (Å²) >= 11 is 0. The summed E-state index contributed by atoms with van der Waals surface area (Å²) in [5, 5.41) is 0. The largest absolute Gasteiger partial charge is 0.311 e. The molecule has 0 aliphatic heterocycles. The Balaban J connectivity index is 1.02. The molecule has 1 spiro atoms. The number of benzene rings is 3. The number of rotatable bonds is 5. The van der Waals surface area contributed by atoms with Crippen LogP contribution in [-0.2, 0) is 10.8 Å². The molecule has 2 unspecified atom stereocenters. The molecule has 3 aromatic rings. The van der Waals surface area contributed by atoms with Gasteiger partial charge < -0.3 is 4.90 Å². The Morgan fingerprint density at radius 2 is 1.27 bits per heavy atom. The first kappa shape index (κ1) is 35.3. The van der Waals surface area contributed by atoms with Crippen molar-refractivity contribution in [2.75, 3.05) is 4.90 Å². The fourth-order valence-electron chi connectivity index (χ4n) is 12.7. The van der Waals surface area contributed by atoms with Gasteiger partial charge in [0.1, 0.15) is 0 Å². The van der Waals surface area contributed by atoms with Gasteiger partial charge in [0.05, 0.1) is 5.41 Å². The highest BCUT2D eigenvalue weighted by Crippen LogP contribution is 2.65. The van der Waals surface area contributed by atoms with E-state index in [-0.39, 0.29) is 10.8 Å². The molecule has 0 heterocycles. The fourth-order valence-corrected chi connectivity index (χ4v) is 12.7. The van der Waals surface area contributed by atoms with E-state index in [1.165, 1.54) is 67.2 Å². The minimum atomic E-state index is -0.244. The topological polar surface area (TPSA) is 3.24 Å². The van der Waals surface area contributed by atoms with E-state index in [2.05, 4.69) is 171 Å². The van der Waals surface area contributed by atoms with Crippen molar-refractivity contribution >= 4 is 28.1 Å². The van der Waals surface area contributed by atoms with E-state index in [0.29, 0.717) is 11.8 Å². The minimum Gasteiger partial charge on any atom is -0.311 e. The Hall–Kier alpha value is -5.66. The maximum atomic E-state index is 2.62. The maximum Gasteiger partial charge on any atom is 0.0716 e. The molecule has 0 aromatic heterocycles. The first-order valence-electron chi connectivity index (χ1n) is 22.6. The summed E-state index contributed by atoms with van der Waals surface area (Å²) in [6.45, 7) is 4.91. The Bertz CT molecular complexity index is 2690. The van der Waals surface area contributed by atoms with Gasteiger partial charge in [0, 0.05) is 23.0 Å². The summed E-state index contributed by atoms with van der Waals surface area (Å²) in [7, 11) is 0. The van der Waals surface area contributed by atoms with Crippen LogP contribution in [-0.4, -0.2) is 0 Å². The molecule has 0 amide bonds. The first-order chi connectivity index (χ1) is 29.0. The summed E-state index contributed by atoms with van der Waals surface area (Å²) in [6.07, 6.45) is 45.5. The van der Waals surface area contributed by atoms with Crippen LogP contribution in [0.5, 0.6) is 0 Å². The molecule has 9 aliphatic rings. The van der Waals surface area contributed by atoms with E-state index in [1.54, 1.807) is 27.9 Å². The van der Waals surface area contributed by atoms with Gasteiger partial charge in [0.25, 0.3) is 0 Å². The van der Waals surface area contributed by atoms with E-state index in [9.17, 15) is 0 Å². The molecule has 1 heteroatoms. The van der Waals surface area contributed by atoms with Crippen LogP contribution in [0.2, 0.25) is 0 Å². The van der Waals surface area contributed by atoms with Crippen molar-refractivity contribution in [1.29, 1.82) is 0 Å². The molecular formula is C58H53N. The third-order valence-corrected chi connectivity index (χ3v) is 15.4. The molecule has 0 saturated heterocycles. The summed E-state index contributed by atoms with van der Waals surface area (Å²) in [6, 6.07) is 26.0. The SMILES string of the molecule is CC1(C)c2ccc(N(C3=CCC(C4=CCCC=C4c4ccccc4)C=C3)c3ccc4c(c3)C3(C5=C(CCC=C5)C5=C3C=CCC5)C3=C4CCC=C3)cc2C2=CC=CCC21. The van der Waals surface area contributed by atoms with Gasteiger partial charge in [-0.1, -0.05) is 135 Å². The average molecular weight is 764 g/mol. The van der Waals surface area contributed by atoms with Crippen LogP contribution in [0.1, 0.15) is 106 Å². The zero-order valence-corrected chi connectivity index (χ0v) is 34.6. The van der Waals surface area contributed by atoms with Crippen LogP contribution < -0.4 is 4.90 Å². The monoisotopic (exact) mass is 763 g/mol. The summed E-state index contributed by atoms with van der Waals surface area (Å²) in [5.74, 6) is 0.866. The standard InChI is InChI=1S/C58H53N/c1-57(2)51-24-12-8-23-48(51)50-36-41(33-35-52(50)57)59(40-30-28-39(29-31-40)44-19-7-6-18-43(44)38-16-4-3-5-17-38)42-32-34-49-47-22-11-15-27-55(47)58(56(49)37-42)53-25-13-9-20-45(53)46-21-10-14-26-54(46)58/h3-5,8,12-19,23,25-28,30-37,39,51H,6-7,9-11,20-22,24,29H2,1-2H3. The molecule has 0 saturated carbocycles. The maximum absolute atomic E-state index is 2.62. The minimum absolute atomic E-state index is 0.1000. The molecular weight excluding hydrogens is 711 g/mol. The zero-order chi connectivity index (χ0) is 39.3. The number of nitrogens with zero attached hydrogens (tertiary/aromatic N) is 1. The highest BCUT2D eigenvalue weighted by molar-refractivity contribution is 5.94. The van der Waals surface area contributed by atoms with Gasteiger partial charge in [-0.25, -0.2) is 0 Å². The Labute approximate surface area is 351 Å². The molecule has 2 atom stereocenters. The molecule has 290 valence electrons. The lowest BCUT2D eigenvalue weighted by molar-refractivity contribution is 0.414. The Morgan fingerprint density at radius 3 is 2.02 bits per heavy atom. The highest BCUT2D eigenvalue weighted by Gasteiger charge is 2.54. The lowest BCUT2D eigenvalue weighted by atomic mass is 9.66. The Kier molecular flexibility index (Phi) is 8.04. The van der Waals surface area contributed by atoms with Gasteiger partial charge in [-0.05, 0) is 184 Å². The van der Waals surface area contributed by atoms with Crippen molar-refractivity contribution < 1.29 is 0 Å². The quantitative estimate of drug-likeness (QED) is 0.250. The van der Waals surface area contributed by atoms with E-state index >= 15 is 0 Å². The molecule has 0 N–H and O–H groups in total. The van der Waals surface area contributed by atoms with Gasteiger partial charge in [0.15, 0.2) is 0 Å². The van der Waals surface area contributed by atoms with Gasteiger partial charge in [-0.2, -0.15) is 0 Å². The Morgan fingerprint density at radius 1 is 0.576 bits per heavy atom. The lowest BCUT2D eigenvalue weighted by Crippen LogP contribution is -2.29. The van der Waals surface area contributed by atoms with Crippen LogP contribution in [0.15, 0.2) is 191 Å². The van der Waals surface area contributed by atoms with Gasteiger partial charge in [-0.15, -0.1) is 0 Å². The lowest BCUT2D eigenvalue weighted by Gasteiger charge is -2.36. The van der Waals surface area contributed by atoms with Crippen molar-refractivity contribution in [3.8, 4) is 0 Å². The van der Waals surface area contributed by atoms with Crippen LogP contribution in [0.4, 0.5) is 11.4 Å². The van der Waals surface area contributed by atoms with Gasteiger partial charge in [0.2, 0.25) is 0 Å². The van der Waals surface area contributed by atoms with Crippen molar-refractivity contribution in [1.82, 2.24) is 0 Å². The van der Waals surface area contributed by atoms with Gasteiger partial charge in [-0.3, -0.25) is 0 Å². The van der Waals surface area contributed by atoms with Gasteiger partial charge >= 0.3 is 0 Å². The summed E-state index contributed by atoms with van der Waals surface area (Å²) in [5.41, 5.74) is 24.6. The van der Waals surface area contributed by atoms with Crippen LogP contribution >= 0.6 is 0 Å². The van der Waals surface area contributed by atoms with E-state index < -0.39 is 0 Å².